The summed E-state index contributed by atoms with van der Waals surface area (Å²) in [5.74, 6) is 0.471. The van der Waals surface area contributed by atoms with Gasteiger partial charge in [0.1, 0.15) is 11.6 Å². The first-order valence-corrected chi connectivity index (χ1v) is 7.31. The van der Waals surface area contributed by atoms with Gasteiger partial charge < -0.3 is 10.1 Å². The van der Waals surface area contributed by atoms with E-state index in [4.69, 9.17) is 16.3 Å². The Hall–Kier alpha value is -1.74. The average Bonchev–Trinajstić information content (AvgIpc) is 2.49. The normalized spacial score (nSPS) is 12.0. The molecule has 0 aliphatic rings. The van der Waals surface area contributed by atoms with E-state index in [1.165, 1.54) is 11.6 Å². The Morgan fingerprint density at radius 1 is 1.19 bits per heavy atom. The number of anilines is 1. The fourth-order valence-corrected chi connectivity index (χ4v) is 2.30. The van der Waals surface area contributed by atoms with Crippen LogP contribution in [-0.4, -0.2) is 13.2 Å². The van der Waals surface area contributed by atoms with E-state index in [0.717, 1.165) is 24.3 Å². The largest absolute Gasteiger partial charge is 0.497 e. The Morgan fingerprint density at radius 2 is 1.90 bits per heavy atom. The summed E-state index contributed by atoms with van der Waals surface area (Å²) in [4.78, 5) is 0. The van der Waals surface area contributed by atoms with Gasteiger partial charge in [0, 0.05) is 11.7 Å². The van der Waals surface area contributed by atoms with Crippen LogP contribution in [0.15, 0.2) is 42.5 Å². The van der Waals surface area contributed by atoms with Crippen LogP contribution in [0.25, 0.3) is 0 Å². The van der Waals surface area contributed by atoms with E-state index in [0.29, 0.717) is 0 Å². The highest BCUT2D eigenvalue weighted by molar-refractivity contribution is 6.31. The van der Waals surface area contributed by atoms with Crippen molar-refractivity contribution in [2.75, 3.05) is 12.4 Å². The predicted octanol–water partition coefficient (Wildman–Crippen LogP) is 4.92. The topological polar surface area (TPSA) is 21.3 Å². The second-order valence-electron chi connectivity index (χ2n) is 5.06. The van der Waals surface area contributed by atoms with Crippen molar-refractivity contribution in [3.05, 3.63) is 58.9 Å². The third-order valence-corrected chi connectivity index (χ3v) is 3.65. The van der Waals surface area contributed by atoms with Crippen LogP contribution in [0, 0.1) is 5.82 Å². The second-order valence-corrected chi connectivity index (χ2v) is 5.47. The molecule has 0 bridgehead atoms. The van der Waals surface area contributed by atoms with Gasteiger partial charge in [-0.25, -0.2) is 4.39 Å². The molecule has 0 aliphatic heterocycles. The maximum Gasteiger partial charge on any atom is 0.141 e. The van der Waals surface area contributed by atoms with E-state index < -0.39 is 5.82 Å². The Bertz CT molecular complexity index is 586. The minimum Gasteiger partial charge on any atom is -0.497 e. The van der Waals surface area contributed by atoms with E-state index in [1.54, 1.807) is 19.2 Å². The van der Waals surface area contributed by atoms with Gasteiger partial charge in [0.15, 0.2) is 0 Å². The standard InChI is InChI=1S/C17H19ClFNO/c1-12(20-14-7-10-17(19)16(18)11-14)3-4-13-5-8-15(21-2)9-6-13/h5-12,20H,3-4H2,1-2H3/t12-/m0/s1. The third kappa shape index (κ3) is 4.64. The lowest BCUT2D eigenvalue weighted by Gasteiger charge is -2.15. The average molecular weight is 308 g/mol. The predicted molar refractivity (Wildman–Crippen MR) is 85.8 cm³/mol. The molecule has 0 heterocycles. The van der Waals surface area contributed by atoms with E-state index in [1.807, 2.05) is 12.1 Å². The first-order chi connectivity index (χ1) is 10.1. The molecular formula is C17H19ClFNO. The first kappa shape index (κ1) is 15.6. The van der Waals surface area contributed by atoms with Gasteiger partial charge in [-0.2, -0.15) is 0 Å². The van der Waals surface area contributed by atoms with Crippen LogP contribution < -0.4 is 10.1 Å². The van der Waals surface area contributed by atoms with Crippen molar-refractivity contribution >= 4 is 17.3 Å². The van der Waals surface area contributed by atoms with Gasteiger partial charge in [0.2, 0.25) is 0 Å². The van der Waals surface area contributed by atoms with E-state index in [9.17, 15) is 4.39 Å². The summed E-state index contributed by atoms with van der Waals surface area (Å²) in [6.45, 7) is 2.10. The van der Waals surface area contributed by atoms with E-state index in [2.05, 4.69) is 24.4 Å². The number of nitrogens with one attached hydrogen (secondary N) is 1. The van der Waals surface area contributed by atoms with Gasteiger partial charge in [-0.1, -0.05) is 23.7 Å². The Labute approximate surface area is 129 Å². The monoisotopic (exact) mass is 307 g/mol. The van der Waals surface area contributed by atoms with Crippen molar-refractivity contribution in [3.8, 4) is 5.75 Å². The molecule has 0 spiro atoms. The molecule has 2 aromatic carbocycles. The zero-order valence-electron chi connectivity index (χ0n) is 12.2. The molecule has 2 nitrogen and oxygen atoms in total. The first-order valence-electron chi connectivity index (χ1n) is 6.93. The number of hydrogen-bond acceptors (Lipinski definition) is 2. The molecule has 0 aromatic heterocycles. The molecule has 0 fully saturated rings. The van der Waals surface area contributed by atoms with Crippen LogP contribution in [0.3, 0.4) is 0 Å². The van der Waals surface area contributed by atoms with Crippen LogP contribution in [0.1, 0.15) is 18.9 Å². The molecule has 0 saturated heterocycles. The molecule has 0 unspecified atom stereocenters. The fourth-order valence-electron chi connectivity index (χ4n) is 2.12. The van der Waals surface area contributed by atoms with Crippen LogP contribution in [-0.2, 0) is 6.42 Å². The molecule has 0 aliphatic carbocycles. The van der Waals surface area contributed by atoms with Gasteiger partial charge in [0.05, 0.1) is 12.1 Å². The van der Waals surface area contributed by atoms with Crippen LogP contribution in [0.5, 0.6) is 5.75 Å². The zero-order chi connectivity index (χ0) is 15.2. The van der Waals surface area contributed by atoms with Crippen molar-refractivity contribution in [2.45, 2.75) is 25.8 Å². The summed E-state index contributed by atoms with van der Waals surface area (Å²) in [6, 6.07) is 13.0. The number of aryl methyl sites for hydroxylation is 1. The molecule has 4 heteroatoms. The summed E-state index contributed by atoms with van der Waals surface area (Å²) in [5.41, 5.74) is 2.10. The number of benzene rings is 2. The van der Waals surface area contributed by atoms with Crippen LogP contribution in [0.2, 0.25) is 5.02 Å². The molecule has 1 atom stereocenters. The van der Waals surface area contributed by atoms with Crippen LogP contribution >= 0.6 is 11.6 Å². The van der Waals surface area contributed by atoms with Crippen molar-refractivity contribution in [2.24, 2.45) is 0 Å². The summed E-state index contributed by atoms with van der Waals surface area (Å²) in [5, 5.41) is 3.47. The van der Waals surface area contributed by atoms with Crippen molar-refractivity contribution in [3.63, 3.8) is 0 Å². The summed E-state index contributed by atoms with van der Waals surface area (Å²) >= 11 is 5.77. The molecule has 21 heavy (non-hydrogen) atoms. The van der Waals surface area contributed by atoms with Gasteiger partial charge >= 0.3 is 0 Å². The van der Waals surface area contributed by atoms with Crippen molar-refractivity contribution in [1.29, 1.82) is 0 Å². The molecule has 1 N–H and O–H groups in total. The highest BCUT2D eigenvalue weighted by atomic mass is 35.5. The van der Waals surface area contributed by atoms with Gasteiger partial charge in [-0.3, -0.25) is 0 Å². The zero-order valence-corrected chi connectivity index (χ0v) is 13.0. The highest BCUT2D eigenvalue weighted by Gasteiger charge is 2.05. The lowest BCUT2D eigenvalue weighted by molar-refractivity contribution is 0.414. The molecule has 0 amide bonds. The Balaban J connectivity index is 1.86. The van der Waals surface area contributed by atoms with E-state index in [-0.39, 0.29) is 11.1 Å². The molecular weight excluding hydrogens is 289 g/mol. The van der Waals surface area contributed by atoms with Gasteiger partial charge in [-0.05, 0) is 55.7 Å². The SMILES string of the molecule is COc1ccc(CC[C@H](C)Nc2ccc(F)c(Cl)c2)cc1. The maximum atomic E-state index is 13.1. The third-order valence-electron chi connectivity index (χ3n) is 3.36. The van der Waals surface area contributed by atoms with Crippen molar-refractivity contribution in [1.82, 2.24) is 0 Å². The number of rotatable bonds is 6. The lowest BCUT2D eigenvalue weighted by Crippen LogP contribution is -2.16. The summed E-state index contributed by atoms with van der Waals surface area (Å²) < 4.78 is 18.2. The second kappa shape index (κ2) is 7.32. The number of halogens is 2. The minimum atomic E-state index is -0.395. The summed E-state index contributed by atoms with van der Waals surface area (Å²) in [7, 11) is 1.66. The summed E-state index contributed by atoms with van der Waals surface area (Å²) in [6.07, 6.45) is 1.94. The highest BCUT2D eigenvalue weighted by Crippen LogP contribution is 2.21. The quantitative estimate of drug-likeness (QED) is 0.817. The number of ether oxygens (including phenoxy) is 1. The van der Waals surface area contributed by atoms with Crippen LogP contribution in [0.4, 0.5) is 10.1 Å². The molecule has 0 radical (unpaired) electrons. The Morgan fingerprint density at radius 3 is 2.52 bits per heavy atom. The minimum absolute atomic E-state index is 0.141. The molecule has 2 rings (SSSR count). The maximum absolute atomic E-state index is 13.1. The smallest absolute Gasteiger partial charge is 0.141 e. The van der Waals surface area contributed by atoms with E-state index >= 15 is 0 Å². The molecule has 112 valence electrons. The number of hydrogen-bond donors (Lipinski definition) is 1. The Kier molecular flexibility index (Phi) is 5.45. The fraction of sp³-hybridized carbons (Fsp3) is 0.294. The number of methoxy groups -OCH3 is 1. The van der Waals surface area contributed by atoms with Crippen molar-refractivity contribution < 1.29 is 9.13 Å². The lowest BCUT2D eigenvalue weighted by atomic mass is 10.1. The van der Waals surface area contributed by atoms with Gasteiger partial charge in [0.25, 0.3) is 0 Å². The molecule has 2 aromatic rings. The van der Waals surface area contributed by atoms with Gasteiger partial charge in [-0.15, -0.1) is 0 Å². The molecule has 0 saturated carbocycles.